The van der Waals surface area contributed by atoms with E-state index in [9.17, 15) is 9.59 Å². The van der Waals surface area contributed by atoms with Gasteiger partial charge in [-0.3, -0.25) is 4.79 Å². The van der Waals surface area contributed by atoms with Gasteiger partial charge in [-0.1, -0.05) is 13.8 Å². The van der Waals surface area contributed by atoms with Gasteiger partial charge in [-0.25, -0.2) is 14.8 Å². The highest BCUT2D eigenvalue weighted by Gasteiger charge is 2.23. The first-order valence-corrected chi connectivity index (χ1v) is 9.53. The van der Waals surface area contributed by atoms with Crippen LogP contribution >= 0.6 is 0 Å². The summed E-state index contributed by atoms with van der Waals surface area (Å²) < 4.78 is 5.33. The summed E-state index contributed by atoms with van der Waals surface area (Å²) in [6.07, 6.45) is 1.75. The van der Waals surface area contributed by atoms with Crippen molar-refractivity contribution in [3.8, 4) is 0 Å². The summed E-state index contributed by atoms with van der Waals surface area (Å²) in [6, 6.07) is 6.58. The highest BCUT2D eigenvalue weighted by molar-refractivity contribution is 5.88. The number of nitrogens with zero attached hydrogens (tertiary/aromatic N) is 3. The van der Waals surface area contributed by atoms with Crippen LogP contribution in [0.5, 0.6) is 0 Å². The van der Waals surface area contributed by atoms with Crippen LogP contribution in [-0.2, 0) is 14.3 Å². The van der Waals surface area contributed by atoms with E-state index in [1.807, 2.05) is 27.7 Å². The Balaban J connectivity index is 2.08. The molecule has 2 aromatic rings. The van der Waals surface area contributed by atoms with Crippen molar-refractivity contribution < 1.29 is 14.3 Å². The summed E-state index contributed by atoms with van der Waals surface area (Å²) >= 11 is 0. The van der Waals surface area contributed by atoms with E-state index in [1.165, 1.54) is 13.3 Å². The lowest BCUT2D eigenvalue weighted by Crippen LogP contribution is -2.35. The Morgan fingerprint density at radius 1 is 1.00 bits per heavy atom. The molecule has 9 nitrogen and oxygen atoms in total. The van der Waals surface area contributed by atoms with E-state index in [0.717, 1.165) is 5.69 Å². The van der Waals surface area contributed by atoms with Crippen LogP contribution in [0.1, 0.15) is 41.0 Å². The molecule has 0 fully saturated rings. The molecule has 1 amide bonds. The third-order valence-corrected chi connectivity index (χ3v) is 3.68. The number of benzene rings is 1. The Bertz CT molecular complexity index is 823. The van der Waals surface area contributed by atoms with E-state index in [2.05, 4.69) is 30.9 Å². The fourth-order valence-electron chi connectivity index (χ4n) is 2.55. The monoisotopic (exact) mass is 400 g/mol. The molecule has 0 aliphatic heterocycles. The van der Waals surface area contributed by atoms with Crippen LogP contribution in [0.3, 0.4) is 0 Å². The van der Waals surface area contributed by atoms with Crippen molar-refractivity contribution in [1.82, 2.24) is 15.0 Å². The third-order valence-electron chi connectivity index (χ3n) is 3.68. The van der Waals surface area contributed by atoms with Gasteiger partial charge >= 0.3 is 5.97 Å². The van der Waals surface area contributed by atoms with Gasteiger partial charge in [0.25, 0.3) is 0 Å². The van der Waals surface area contributed by atoms with Crippen LogP contribution in [0.25, 0.3) is 0 Å². The van der Waals surface area contributed by atoms with Crippen LogP contribution in [0.4, 0.5) is 23.3 Å². The maximum atomic E-state index is 12.4. The van der Waals surface area contributed by atoms with Crippen LogP contribution in [-0.4, -0.2) is 39.0 Å². The molecule has 2 rings (SSSR count). The quantitative estimate of drug-likeness (QED) is 0.549. The largest absolute Gasteiger partial charge is 0.461 e. The normalized spacial score (nSPS) is 11.8. The van der Waals surface area contributed by atoms with Gasteiger partial charge in [0.1, 0.15) is 12.4 Å². The maximum Gasteiger partial charge on any atom is 0.328 e. The number of carbonyl (C=O) groups is 2. The second-order valence-electron chi connectivity index (χ2n) is 7.33. The molecule has 0 spiro atoms. The molecule has 0 saturated carbocycles. The Hall–Kier alpha value is -3.23. The number of ether oxygens (including phenoxy) is 1. The molecule has 0 aliphatic rings. The summed E-state index contributed by atoms with van der Waals surface area (Å²) in [6.45, 7) is 9.14. The third kappa shape index (κ3) is 7.73. The van der Waals surface area contributed by atoms with Crippen LogP contribution in [0.15, 0.2) is 30.6 Å². The molecule has 1 aromatic heterocycles. The molecule has 9 heteroatoms. The predicted octanol–water partition coefficient (Wildman–Crippen LogP) is 3.35. The van der Waals surface area contributed by atoms with Gasteiger partial charge in [-0.15, -0.1) is 0 Å². The number of anilines is 4. The standard InChI is InChI=1S/C20H28N6O3/c1-12(2)10-17(18(28)29-13(3)4)25-20-22-11-21-19(26-20)24-16-8-6-15(7-9-16)23-14(5)27/h6-9,11-13,17H,10H2,1-5H3,(H,23,27)(H2,21,22,24,25,26)/t17-/m0/s1. The molecular formula is C20H28N6O3. The first kappa shape index (κ1) is 22.1. The predicted molar refractivity (Wildman–Crippen MR) is 112 cm³/mol. The molecule has 156 valence electrons. The number of rotatable bonds is 9. The Labute approximate surface area is 170 Å². The van der Waals surface area contributed by atoms with E-state index in [0.29, 0.717) is 18.1 Å². The number of nitrogens with one attached hydrogen (secondary N) is 3. The molecule has 3 N–H and O–H groups in total. The SMILES string of the molecule is CC(=O)Nc1ccc(Nc2ncnc(N[C@@H](CC(C)C)C(=O)OC(C)C)n2)cc1. The Kier molecular flexibility index (Phi) is 7.88. The summed E-state index contributed by atoms with van der Waals surface area (Å²) in [4.78, 5) is 36.0. The molecule has 0 unspecified atom stereocenters. The van der Waals surface area contributed by atoms with E-state index < -0.39 is 6.04 Å². The molecule has 1 aromatic carbocycles. The van der Waals surface area contributed by atoms with E-state index in [-0.39, 0.29) is 29.8 Å². The van der Waals surface area contributed by atoms with Crippen molar-refractivity contribution in [3.63, 3.8) is 0 Å². The van der Waals surface area contributed by atoms with Crippen LogP contribution in [0, 0.1) is 5.92 Å². The lowest BCUT2D eigenvalue weighted by Gasteiger charge is -2.20. The van der Waals surface area contributed by atoms with Crippen molar-refractivity contribution in [2.75, 3.05) is 16.0 Å². The first-order chi connectivity index (χ1) is 13.7. The fourth-order valence-corrected chi connectivity index (χ4v) is 2.55. The zero-order chi connectivity index (χ0) is 21.4. The van der Waals surface area contributed by atoms with Gasteiger partial charge in [0, 0.05) is 18.3 Å². The van der Waals surface area contributed by atoms with E-state index >= 15 is 0 Å². The number of hydrogen-bond acceptors (Lipinski definition) is 8. The Morgan fingerprint density at radius 2 is 1.62 bits per heavy atom. The van der Waals surface area contributed by atoms with Crippen molar-refractivity contribution in [2.45, 2.75) is 53.2 Å². The van der Waals surface area contributed by atoms with Gasteiger partial charge in [-0.05, 0) is 50.5 Å². The topological polar surface area (TPSA) is 118 Å². The minimum atomic E-state index is -0.551. The van der Waals surface area contributed by atoms with Crippen molar-refractivity contribution in [2.24, 2.45) is 5.92 Å². The molecule has 29 heavy (non-hydrogen) atoms. The number of amides is 1. The van der Waals surface area contributed by atoms with Gasteiger partial charge < -0.3 is 20.7 Å². The van der Waals surface area contributed by atoms with Crippen molar-refractivity contribution >= 4 is 35.1 Å². The van der Waals surface area contributed by atoms with Crippen LogP contribution in [0.2, 0.25) is 0 Å². The molecule has 1 heterocycles. The highest BCUT2D eigenvalue weighted by Crippen LogP contribution is 2.18. The minimum absolute atomic E-state index is 0.133. The first-order valence-electron chi connectivity index (χ1n) is 9.53. The lowest BCUT2D eigenvalue weighted by molar-refractivity contribution is -0.148. The van der Waals surface area contributed by atoms with Crippen LogP contribution < -0.4 is 16.0 Å². The summed E-state index contributed by atoms with van der Waals surface area (Å²) in [7, 11) is 0. The van der Waals surface area contributed by atoms with E-state index in [1.54, 1.807) is 24.3 Å². The second-order valence-corrected chi connectivity index (χ2v) is 7.33. The van der Waals surface area contributed by atoms with Gasteiger partial charge in [0.05, 0.1) is 6.10 Å². The van der Waals surface area contributed by atoms with Gasteiger partial charge in [-0.2, -0.15) is 4.98 Å². The maximum absolute atomic E-state index is 12.4. The fraction of sp³-hybridized carbons (Fsp3) is 0.450. The average Bonchev–Trinajstić information content (AvgIpc) is 2.62. The van der Waals surface area contributed by atoms with Crippen molar-refractivity contribution in [3.05, 3.63) is 30.6 Å². The number of carbonyl (C=O) groups excluding carboxylic acids is 2. The zero-order valence-electron chi connectivity index (χ0n) is 17.4. The van der Waals surface area contributed by atoms with E-state index in [4.69, 9.17) is 4.74 Å². The smallest absolute Gasteiger partial charge is 0.328 e. The summed E-state index contributed by atoms with van der Waals surface area (Å²) in [5, 5.41) is 8.82. The summed E-state index contributed by atoms with van der Waals surface area (Å²) in [5.74, 6) is 0.427. The molecule has 0 bridgehead atoms. The molecular weight excluding hydrogens is 372 g/mol. The molecule has 1 atom stereocenters. The van der Waals surface area contributed by atoms with Crippen molar-refractivity contribution in [1.29, 1.82) is 0 Å². The Morgan fingerprint density at radius 3 is 2.21 bits per heavy atom. The second kappa shape index (κ2) is 10.4. The average molecular weight is 400 g/mol. The van der Waals surface area contributed by atoms with Gasteiger partial charge in [0.2, 0.25) is 17.8 Å². The molecule has 0 aliphatic carbocycles. The minimum Gasteiger partial charge on any atom is -0.461 e. The molecule has 0 saturated heterocycles. The summed E-state index contributed by atoms with van der Waals surface area (Å²) in [5.41, 5.74) is 1.44. The molecule has 0 radical (unpaired) electrons. The number of hydrogen-bond donors (Lipinski definition) is 3. The van der Waals surface area contributed by atoms with Gasteiger partial charge in [0.15, 0.2) is 0 Å². The number of aromatic nitrogens is 3. The lowest BCUT2D eigenvalue weighted by atomic mass is 10.0. The number of esters is 1. The zero-order valence-corrected chi connectivity index (χ0v) is 17.4. The highest BCUT2D eigenvalue weighted by atomic mass is 16.5.